The first kappa shape index (κ1) is 20.4. The van der Waals surface area contributed by atoms with E-state index in [9.17, 15) is 14.7 Å². The number of nitrogens with one attached hydrogen (secondary N) is 1. The Bertz CT molecular complexity index is 819. The van der Waals surface area contributed by atoms with Gasteiger partial charge in [-0.05, 0) is 39.2 Å². The molecule has 1 atom stereocenters. The maximum Gasteiger partial charge on any atom is 0.330 e. The lowest BCUT2D eigenvalue weighted by Crippen LogP contribution is -2.31. The number of aliphatic hydroxyl groups is 1. The molecule has 8 nitrogen and oxygen atoms in total. The van der Waals surface area contributed by atoms with E-state index >= 15 is 0 Å². The van der Waals surface area contributed by atoms with Crippen molar-refractivity contribution in [2.75, 3.05) is 6.54 Å². The molecule has 0 bridgehead atoms. The number of nitrogens with two attached hydrogens (primary N) is 1. The van der Waals surface area contributed by atoms with E-state index in [2.05, 4.69) is 9.97 Å². The van der Waals surface area contributed by atoms with Crippen LogP contribution in [0.3, 0.4) is 0 Å². The number of nitrogens with zero attached hydrogens (tertiary/aromatic N) is 3. The summed E-state index contributed by atoms with van der Waals surface area (Å²) in [5, 5.41) is 9.35. The second-order valence-corrected chi connectivity index (χ2v) is 6.97. The third-order valence-electron chi connectivity index (χ3n) is 4.71. The quantitative estimate of drug-likeness (QED) is 0.514. The van der Waals surface area contributed by atoms with Crippen molar-refractivity contribution >= 4 is 11.2 Å². The molecule has 2 heterocycles. The molecular formula is C18H31N5O3. The highest BCUT2D eigenvalue weighted by Crippen LogP contribution is 2.13. The Labute approximate surface area is 153 Å². The summed E-state index contributed by atoms with van der Waals surface area (Å²) in [7, 11) is 1.81. The number of hydrogen-bond donors (Lipinski definition) is 3. The van der Waals surface area contributed by atoms with Gasteiger partial charge in [0, 0.05) is 20.0 Å². The maximum absolute atomic E-state index is 12.2. The van der Waals surface area contributed by atoms with Crippen LogP contribution in [-0.2, 0) is 20.0 Å². The monoisotopic (exact) mass is 365 g/mol. The Morgan fingerprint density at radius 1 is 1.15 bits per heavy atom. The van der Waals surface area contributed by atoms with Crippen LogP contribution in [-0.4, -0.2) is 36.9 Å². The van der Waals surface area contributed by atoms with Crippen LogP contribution in [0.4, 0.5) is 0 Å². The zero-order valence-electron chi connectivity index (χ0n) is 15.8. The second kappa shape index (κ2) is 9.68. The predicted octanol–water partition coefficient (Wildman–Crippen LogP) is 1.04. The minimum atomic E-state index is -0.403. The van der Waals surface area contributed by atoms with Crippen LogP contribution in [0.5, 0.6) is 0 Å². The van der Waals surface area contributed by atoms with Crippen LogP contribution in [0.15, 0.2) is 9.59 Å². The van der Waals surface area contributed by atoms with Gasteiger partial charge in [-0.1, -0.05) is 19.3 Å². The van der Waals surface area contributed by atoms with Gasteiger partial charge < -0.3 is 15.4 Å². The number of unbranched alkanes of at least 4 members (excludes halogenated alkanes) is 4. The van der Waals surface area contributed by atoms with Crippen molar-refractivity contribution in [3.05, 3.63) is 26.7 Å². The molecule has 0 aromatic carbocycles. The molecule has 8 heteroatoms. The fraction of sp³-hybridized carbons (Fsp3) is 0.722. The highest BCUT2D eigenvalue weighted by molar-refractivity contribution is 5.70. The summed E-state index contributed by atoms with van der Waals surface area (Å²) in [5.74, 6) is 0.790. The molecule has 2 aromatic rings. The molecule has 0 aliphatic rings. The number of H-pyrrole nitrogens is 1. The van der Waals surface area contributed by atoms with Gasteiger partial charge in [0.1, 0.15) is 5.82 Å². The Morgan fingerprint density at radius 2 is 1.88 bits per heavy atom. The highest BCUT2D eigenvalue weighted by Gasteiger charge is 2.16. The van der Waals surface area contributed by atoms with E-state index in [4.69, 9.17) is 5.73 Å². The first-order chi connectivity index (χ1) is 12.5. The highest BCUT2D eigenvalue weighted by atomic mass is 16.3. The van der Waals surface area contributed by atoms with Crippen molar-refractivity contribution in [3.63, 3.8) is 0 Å². The minimum Gasteiger partial charge on any atom is -0.393 e. The van der Waals surface area contributed by atoms with E-state index < -0.39 is 11.2 Å². The number of fused-ring (bicyclic) bond motifs is 1. The Kier molecular flexibility index (Phi) is 7.59. The molecule has 2 aromatic heterocycles. The van der Waals surface area contributed by atoms with Crippen LogP contribution in [0.1, 0.15) is 57.7 Å². The lowest BCUT2D eigenvalue weighted by molar-refractivity contribution is 0.180. The van der Waals surface area contributed by atoms with Crippen molar-refractivity contribution in [3.8, 4) is 0 Å². The Hall–Kier alpha value is -1.93. The average molecular weight is 365 g/mol. The van der Waals surface area contributed by atoms with Crippen LogP contribution in [0, 0.1) is 0 Å². The number of aliphatic hydroxyl groups excluding tert-OH is 1. The van der Waals surface area contributed by atoms with Gasteiger partial charge in [-0.25, -0.2) is 9.78 Å². The third kappa shape index (κ3) is 5.04. The first-order valence-corrected chi connectivity index (χ1v) is 9.52. The van der Waals surface area contributed by atoms with Gasteiger partial charge in [-0.2, -0.15) is 0 Å². The summed E-state index contributed by atoms with van der Waals surface area (Å²) in [6.07, 6.45) is 6.78. The van der Waals surface area contributed by atoms with E-state index in [0.717, 1.165) is 50.8 Å². The smallest absolute Gasteiger partial charge is 0.330 e. The number of imidazole rings is 1. The molecule has 26 heavy (non-hydrogen) atoms. The van der Waals surface area contributed by atoms with Crippen LogP contribution in [0.25, 0.3) is 11.2 Å². The number of aromatic amines is 1. The molecule has 0 saturated heterocycles. The fourth-order valence-corrected chi connectivity index (χ4v) is 3.21. The first-order valence-electron chi connectivity index (χ1n) is 9.52. The fourth-order valence-electron chi connectivity index (χ4n) is 3.21. The summed E-state index contributed by atoms with van der Waals surface area (Å²) in [6.45, 7) is 3.00. The van der Waals surface area contributed by atoms with E-state index in [0.29, 0.717) is 30.7 Å². The van der Waals surface area contributed by atoms with Crippen LogP contribution in [0.2, 0.25) is 0 Å². The number of hydrogen-bond acceptors (Lipinski definition) is 5. The third-order valence-corrected chi connectivity index (χ3v) is 4.71. The normalized spacial score (nSPS) is 12.8. The predicted molar refractivity (Wildman–Crippen MR) is 102 cm³/mol. The van der Waals surface area contributed by atoms with Gasteiger partial charge in [0.15, 0.2) is 11.2 Å². The van der Waals surface area contributed by atoms with Gasteiger partial charge >= 0.3 is 5.69 Å². The molecule has 2 rings (SSSR count). The van der Waals surface area contributed by atoms with Crippen molar-refractivity contribution in [2.24, 2.45) is 12.8 Å². The Balaban J connectivity index is 2.19. The summed E-state index contributed by atoms with van der Waals surface area (Å²) in [4.78, 5) is 31.5. The summed E-state index contributed by atoms with van der Waals surface area (Å²) in [6, 6.07) is 0. The van der Waals surface area contributed by atoms with Crippen molar-refractivity contribution in [1.82, 2.24) is 19.1 Å². The SMILES string of the molecule is C[C@@H](O)CCCCc1nc2c(c(=O)[nH]c(=O)n2CCCCCCN)n1C. The molecule has 0 fully saturated rings. The van der Waals surface area contributed by atoms with Crippen LogP contribution >= 0.6 is 0 Å². The van der Waals surface area contributed by atoms with Crippen molar-refractivity contribution in [2.45, 2.75) is 70.9 Å². The number of aromatic nitrogens is 4. The summed E-state index contributed by atoms with van der Waals surface area (Å²) < 4.78 is 3.35. The topological polar surface area (TPSA) is 119 Å². The van der Waals surface area contributed by atoms with Gasteiger partial charge in [-0.15, -0.1) is 0 Å². The van der Waals surface area contributed by atoms with E-state index in [-0.39, 0.29) is 6.10 Å². The van der Waals surface area contributed by atoms with Gasteiger partial charge in [0.25, 0.3) is 5.56 Å². The van der Waals surface area contributed by atoms with Gasteiger partial charge in [-0.3, -0.25) is 14.3 Å². The van der Waals surface area contributed by atoms with Crippen LogP contribution < -0.4 is 17.0 Å². The zero-order valence-corrected chi connectivity index (χ0v) is 15.8. The largest absolute Gasteiger partial charge is 0.393 e. The lowest BCUT2D eigenvalue weighted by Gasteiger charge is -2.06. The summed E-state index contributed by atoms with van der Waals surface area (Å²) >= 11 is 0. The Morgan fingerprint density at radius 3 is 2.58 bits per heavy atom. The molecule has 0 aliphatic heterocycles. The molecule has 0 unspecified atom stereocenters. The van der Waals surface area contributed by atoms with Crippen molar-refractivity contribution < 1.29 is 5.11 Å². The minimum absolute atomic E-state index is 0.303. The molecule has 0 saturated carbocycles. The number of aryl methyl sites for hydroxylation is 3. The molecule has 0 amide bonds. The summed E-state index contributed by atoms with van der Waals surface area (Å²) in [5.41, 5.74) is 5.61. The molecule has 4 N–H and O–H groups in total. The van der Waals surface area contributed by atoms with E-state index in [1.807, 2.05) is 7.05 Å². The maximum atomic E-state index is 12.2. The van der Waals surface area contributed by atoms with Gasteiger partial charge in [0.2, 0.25) is 0 Å². The number of rotatable bonds is 11. The standard InChI is InChI=1S/C18H31N5O3/c1-13(24)9-5-6-10-14-20-16-15(22(14)2)17(25)21-18(26)23(16)12-8-4-3-7-11-19/h13,24H,3-12,19H2,1-2H3,(H,21,25,26)/t13-/m1/s1. The average Bonchev–Trinajstić information content (AvgIpc) is 2.91. The van der Waals surface area contributed by atoms with E-state index in [1.165, 1.54) is 0 Å². The molecule has 0 aliphatic carbocycles. The van der Waals surface area contributed by atoms with E-state index in [1.54, 1.807) is 16.1 Å². The molecule has 0 radical (unpaired) electrons. The molecule has 146 valence electrons. The second-order valence-electron chi connectivity index (χ2n) is 6.97. The zero-order chi connectivity index (χ0) is 19.1. The molecular weight excluding hydrogens is 334 g/mol. The lowest BCUT2D eigenvalue weighted by atomic mass is 10.1. The van der Waals surface area contributed by atoms with Gasteiger partial charge in [0.05, 0.1) is 6.10 Å². The van der Waals surface area contributed by atoms with Crippen molar-refractivity contribution in [1.29, 1.82) is 0 Å². The molecule has 0 spiro atoms.